The topological polar surface area (TPSA) is 58.6 Å². The van der Waals surface area contributed by atoms with Crippen LogP contribution in [0.3, 0.4) is 0 Å². The highest BCUT2D eigenvalue weighted by atomic mass is 32.2. The third-order valence-corrected chi connectivity index (χ3v) is 6.29. The Morgan fingerprint density at radius 2 is 2.26 bits per heavy atom. The van der Waals surface area contributed by atoms with Gasteiger partial charge in [-0.1, -0.05) is 0 Å². The minimum Gasteiger partial charge on any atom is -0.375 e. The number of nitrogens with zero attached hydrogens (tertiary/aromatic N) is 1. The number of hydrogen-bond donors (Lipinski definition) is 1. The van der Waals surface area contributed by atoms with Crippen LogP contribution in [0.1, 0.15) is 18.7 Å². The number of morpholine rings is 1. The van der Waals surface area contributed by atoms with Gasteiger partial charge in [-0.25, -0.2) is 8.42 Å². The highest BCUT2D eigenvalue weighted by Gasteiger charge is 2.35. The number of sulfonamides is 1. The first kappa shape index (κ1) is 14.9. The van der Waals surface area contributed by atoms with Crippen LogP contribution in [-0.2, 0) is 21.3 Å². The Kier molecular flexibility index (Phi) is 4.62. The van der Waals surface area contributed by atoms with Gasteiger partial charge in [0.25, 0.3) is 0 Å². The molecule has 2 atom stereocenters. The van der Waals surface area contributed by atoms with E-state index in [1.807, 2.05) is 26.3 Å². The number of rotatable bonds is 4. The molecular weight excluding hydrogens is 284 g/mol. The second-order valence-electron chi connectivity index (χ2n) is 4.81. The van der Waals surface area contributed by atoms with Crippen molar-refractivity contribution in [2.75, 3.05) is 20.2 Å². The number of hydrogen-bond acceptors (Lipinski definition) is 5. The zero-order valence-corrected chi connectivity index (χ0v) is 13.1. The molecule has 1 aliphatic rings. The van der Waals surface area contributed by atoms with E-state index in [0.717, 1.165) is 4.88 Å². The van der Waals surface area contributed by atoms with E-state index in [1.165, 1.54) is 11.3 Å². The van der Waals surface area contributed by atoms with Gasteiger partial charge in [-0.05, 0) is 32.3 Å². The maximum absolute atomic E-state index is 12.7. The lowest BCUT2D eigenvalue weighted by Gasteiger charge is -2.35. The van der Waals surface area contributed by atoms with Crippen LogP contribution in [0.4, 0.5) is 0 Å². The number of thiophene rings is 1. The predicted octanol–water partition coefficient (Wildman–Crippen LogP) is 1.27. The van der Waals surface area contributed by atoms with Crippen LogP contribution in [0, 0.1) is 0 Å². The molecule has 5 nitrogen and oxygen atoms in total. The Hall–Kier alpha value is -0.470. The zero-order chi connectivity index (χ0) is 14.0. The Balaban J connectivity index is 2.33. The van der Waals surface area contributed by atoms with Gasteiger partial charge in [0.1, 0.15) is 0 Å². The minimum absolute atomic E-state index is 0.0580. The molecule has 2 rings (SSSR count). The summed E-state index contributed by atoms with van der Waals surface area (Å²) in [5.41, 5.74) is 0. The zero-order valence-electron chi connectivity index (χ0n) is 11.4. The molecule has 2 unspecified atom stereocenters. The lowest BCUT2D eigenvalue weighted by Crippen LogP contribution is -2.50. The third-order valence-electron chi connectivity index (χ3n) is 3.18. The summed E-state index contributed by atoms with van der Waals surface area (Å²) < 4.78 is 32.6. The molecule has 19 heavy (non-hydrogen) atoms. The van der Waals surface area contributed by atoms with Gasteiger partial charge < -0.3 is 10.1 Å². The van der Waals surface area contributed by atoms with E-state index in [1.54, 1.807) is 10.4 Å². The molecule has 1 fully saturated rings. The Morgan fingerprint density at radius 1 is 1.53 bits per heavy atom. The smallest absolute Gasteiger partial charge is 0.244 e. The Bertz CT molecular complexity index is 527. The summed E-state index contributed by atoms with van der Waals surface area (Å²) >= 11 is 1.47. The van der Waals surface area contributed by atoms with Crippen molar-refractivity contribution in [2.24, 2.45) is 0 Å². The summed E-state index contributed by atoms with van der Waals surface area (Å²) in [6.07, 6.45) is -0.0580. The van der Waals surface area contributed by atoms with Gasteiger partial charge in [0, 0.05) is 24.0 Å². The summed E-state index contributed by atoms with van der Waals surface area (Å²) in [6.45, 7) is 5.22. The van der Waals surface area contributed by atoms with Crippen molar-refractivity contribution in [3.05, 3.63) is 16.3 Å². The summed E-state index contributed by atoms with van der Waals surface area (Å²) in [5, 5.41) is 4.84. The molecule has 1 aliphatic heterocycles. The Morgan fingerprint density at radius 3 is 2.95 bits per heavy atom. The van der Waals surface area contributed by atoms with Crippen LogP contribution >= 0.6 is 11.3 Å². The predicted molar refractivity (Wildman–Crippen MR) is 75.9 cm³/mol. The van der Waals surface area contributed by atoms with E-state index >= 15 is 0 Å². The first-order valence-corrected chi connectivity index (χ1v) is 8.63. The van der Waals surface area contributed by atoms with Crippen LogP contribution in [0.2, 0.25) is 0 Å². The van der Waals surface area contributed by atoms with E-state index < -0.39 is 10.0 Å². The van der Waals surface area contributed by atoms with Crippen molar-refractivity contribution in [3.8, 4) is 0 Å². The quantitative estimate of drug-likeness (QED) is 0.910. The van der Waals surface area contributed by atoms with Crippen molar-refractivity contribution < 1.29 is 13.2 Å². The van der Waals surface area contributed by atoms with Crippen LogP contribution in [-0.4, -0.2) is 45.1 Å². The van der Waals surface area contributed by atoms with Gasteiger partial charge >= 0.3 is 0 Å². The van der Waals surface area contributed by atoms with Gasteiger partial charge in [0.05, 0.1) is 17.6 Å². The molecule has 1 N–H and O–H groups in total. The molecule has 0 radical (unpaired) electrons. The van der Waals surface area contributed by atoms with E-state index in [9.17, 15) is 8.42 Å². The molecule has 1 aromatic rings. The summed E-state index contributed by atoms with van der Waals surface area (Å²) in [4.78, 5) is 1.28. The van der Waals surface area contributed by atoms with Crippen molar-refractivity contribution in [1.82, 2.24) is 9.62 Å². The van der Waals surface area contributed by atoms with E-state index in [0.29, 0.717) is 24.6 Å². The lowest BCUT2D eigenvalue weighted by molar-refractivity contribution is -0.0170. The molecule has 0 spiro atoms. The average molecular weight is 304 g/mol. The van der Waals surface area contributed by atoms with Crippen molar-refractivity contribution in [2.45, 2.75) is 37.4 Å². The first-order chi connectivity index (χ1) is 8.96. The standard InChI is InChI=1S/C12H20N2O3S2/c1-9-8-17-10(2)7-14(9)19(15,16)12-4-5-18-11(12)6-13-3/h4-5,9-10,13H,6-8H2,1-3H3. The van der Waals surface area contributed by atoms with Gasteiger partial charge in [0.15, 0.2) is 0 Å². The van der Waals surface area contributed by atoms with Gasteiger partial charge in [0.2, 0.25) is 10.0 Å². The van der Waals surface area contributed by atoms with Crippen molar-refractivity contribution in [1.29, 1.82) is 0 Å². The molecular formula is C12H20N2O3S2. The second-order valence-corrected chi connectivity index (χ2v) is 7.67. The lowest BCUT2D eigenvalue weighted by atomic mass is 10.2. The largest absolute Gasteiger partial charge is 0.375 e. The number of nitrogens with one attached hydrogen (secondary N) is 1. The molecule has 0 aliphatic carbocycles. The fourth-order valence-electron chi connectivity index (χ4n) is 2.18. The second kappa shape index (κ2) is 5.88. The monoisotopic (exact) mass is 304 g/mol. The van der Waals surface area contributed by atoms with E-state index in [2.05, 4.69) is 5.32 Å². The fourth-order valence-corrected chi connectivity index (χ4v) is 5.30. The SMILES string of the molecule is CNCc1sccc1S(=O)(=O)N1CC(C)OCC1C. The van der Waals surface area contributed by atoms with Gasteiger partial charge in [-0.2, -0.15) is 4.31 Å². The van der Waals surface area contributed by atoms with Crippen LogP contribution in [0.25, 0.3) is 0 Å². The highest BCUT2D eigenvalue weighted by molar-refractivity contribution is 7.89. The summed E-state index contributed by atoms with van der Waals surface area (Å²) in [7, 11) is -1.61. The first-order valence-electron chi connectivity index (χ1n) is 6.31. The molecule has 108 valence electrons. The maximum Gasteiger partial charge on any atom is 0.244 e. The molecule has 0 amide bonds. The van der Waals surface area contributed by atoms with Crippen molar-refractivity contribution >= 4 is 21.4 Å². The molecule has 1 aromatic heterocycles. The Labute approximate surface area is 118 Å². The molecule has 0 aromatic carbocycles. The molecule has 7 heteroatoms. The molecule has 2 heterocycles. The normalized spacial score (nSPS) is 25.6. The molecule has 0 bridgehead atoms. The van der Waals surface area contributed by atoms with E-state index in [4.69, 9.17) is 4.74 Å². The third kappa shape index (κ3) is 3.00. The highest BCUT2D eigenvalue weighted by Crippen LogP contribution is 2.28. The fraction of sp³-hybridized carbons (Fsp3) is 0.667. The maximum atomic E-state index is 12.7. The number of ether oxygens (including phenoxy) is 1. The van der Waals surface area contributed by atoms with Gasteiger partial charge in [-0.3, -0.25) is 0 Å². The van der Waals surface area contributed by atoms with Crippen LogP contribution < -0.4 is 5.32 Å². The summed E-state index contributed by atoms with van der Waals surface area (Å²) in [5.74, 6) is 0. The molecule has 0 saturated carbocycles. The van der Waals surface area contributed by atoms with E-state index in [-0.39, 0.29) is 12.1 Å². The minimum atomic E-state index is -3.43. The van der Waals surface area contributed by atoms with Crippen LogP contribution in [0.5, 0.6) is 0 Å². The van der Waals surface area contributed by atoms with Crippen molar-refractivity contribution in [3.63, 3.8) is 0 Å². The molecule has 1 saturated heterocycles. The summed E-state index contributed by atoms with van der Waals surface area (Å²) in [6, 6.07) is 1.57. The van der Waals surface area contributed by atoms with Crippen LogP contribution in [0.15, 0.2) is 16.3 Å². The average Bonchev–Trinajstić information content (AvgIpc) is 2.81. The van der Waals surface area contributed by atoms with Gasteiger partial charge in [-0.15, -0.1) is 11.3 Å².